The van der Waals surface area contributed by atoms with Gasteiger partial charge in [-0.05, 0) is 12.8 Å². The first-order valence-electron chi connectivity index (χ1n) is 5.81. The van der Waals surface area contributed by atoms with Gasteiger partial charge in [-0.15, -0.1) is 0 Å². The maximum absolute atomic E-state index is 11.6. The van der Waals surface area contributed by atoms with Crippen molar-refractivity contribution in [2.24, 2.45) is 10.9 Å². The van der Waals surface area contributed by atoms with Gasteiger partial charge in [0.25, 0.3) is 0 Å². The van der Waals surface area contributed by atoms with E-state index in [0.29, 0.717) is 39.3 Å². The van der Waals surface area contributed by atoms with Crippen LogP contribution in [0, 0.1) is 0 Å². The number of carbonyl (C=O) groups excluding carboxylic acids is 1. The van der Waals surface area contributed by atoms with Crippen LogP contribution in [0.2, 0.25) is 0 Å². The summed E-state index contributed by atoms with van der Waals surface area (Å²) in [5.41, 5.74) is 5.32. The van der Waals surface area contributed by atoms with Crippen LogP contribution >= 0.6 is 0 Å². The molecule has 0 spiro atoms. The minimum absolute atomic E-state index is 0.0444. The Labute approximate surface area is 101 Å². The quantitative estimate of drug-likeness (QED) is 0.207. The third-order valence-electron chi connectivity index (χ3n) is 2.56. The molecule has 0 aliphatic carbocycles. The van der Waals surface area contributed by atoms with Gasteiger partial charge in [0.15, 0.2) is 0 Å². The number of oxime groups is 1. The Hall–Kier alpha value is -1.50. The summed E-state index contributed by atoms with van der Waals surface area (Å²) in [5, 5.41) is 14.0. The van der Waals surface area contributed by atoms with E-state index in [-0.39, 0.29) is 11.9 Å². The Morgan fingerprint density at radius 3 is 2.76 bits per heavy atom. The fourth-order valence-electron chi connectivity index (χ4n) is 1.55. The summed E-state index contributed by atoms with van der Waals surface area (Å²) >= 11 is 0. The van der Waals surface area contributed by atoms with Gasteiger partial charge in [-0.1, -0.05) is 5.16 Å². The van der Waals surface area contributed by atoms with Gasteiger partial charge in [0, 0.05) is 26.1 Å². The minimum Gasteiger partial charge on any atom is -0.409 e. The number of nitrogens with one attached hydrogen (secondary N) is 1. The molecular formula is C10H20N4O3. The molecule has 0 aromatic heterocycles. The molecule has 98 valence electrons. The third kappa shape index (κ3) is 5.39. The molecule has 0 atom stereocenters. The topological polar surface area (TPSA) is 100 Å². The Balaban J connectivity index is 2.03. The number of hydrogen-bond donors (Lipinski definition) is 3. The van der Waals surface area contributed by atoms with Crippen LogP contribution in [0.15, 0.2) is 5.16 Å². The van der Waals surface area contributed by atoms with Gasteiger partial charge in [-0.2, -0.15) is 0 Å². The fourth-order valence-corrected chi connectivity index (χ4v) is 1.55. The lowest BCUT2D eigenvalue weighted by Gasteiger charge is -2.26. The molecule has 7 nitrogen and oxygen atoms in total. The summed E-state index contributed by atoms with van der Waals surface area (Å²) in [6, 6.07) is -0.0444. The molecule has 0 saturated carbocycles. The number of rotatable bonds is 5. The highest BCUT2D eigenvalue weighted by atomic mass is 16.5. The molecule has 4 N–H and O–H groups in total. The third-order valence-corrected chi connectivity index (χ3v) is 2.56. The van der Waals surface area contributed by atoms with E-state index in [4.69, 9.17) is 15.7 Å². The summed E-state index contributed by atoms with van der Waals surface area (Å²) in [6.45, 7) is 3.12. The maximum atomic E-state index is 11.6. The second-order valence-corrected chi connectivity index (χ2v) is 3.88. The van der Waals surface area contributed by atoms with E-state index in [9.17, 15) is 4.79 Å². The van der Waals surface area contributed by atoms with E-state index in [1.165, 1.54) is 0 Å². The number of unbranched alkanes of at least 4 members (excludes halogenated alkanes) is 1. The molecule has 1 aliphatic heterocycles. The number of amides is 2. The van der Waals surface area contributed by atoms with Gasteiger partial charge in [0.05, 0.1) is 13.2 Å². The Morgan fingerprint density at radius 1 is 1.41 bits per heavy atom. The minimum atomic E-state index is -0.0444. The van der Waals surface area contributed by atoms with Crippen LogP contribution in [0.25, 0.3) is 0 Å². The summed E-state index contributed by atoms with van der Waals surface area (Å²) in [7, 11) is 0. The van der Waals surface area contributed by atoms with Crippen molar-refractivity contribution in [3.05, 3.63) is 0 Å². The van der Waals surface area contributed by atoms with Crippen molar-refractivity contribution in [1.82, 2.24) is 10.2 Å². The predicted octanol–water partition coefficient (Wildman–Crippen LogP) is -0.0551. The van der Waals surface area contributed by atoms with Crippen molar-refractivity contribution in [1.29, 1.82) is 0 Å². The molecule has 1 heterocycles. The molecule has 0 aromatic rings. The first-order chi connectivity index (χ1) is 8.24. The highest BCUT2D eigenvalue weighted by molar-refractivity contribution is 5.79. The lowest BCUT2D eigenvalue weighted by molar-refractivity contribution is 0.0532. The van der Waals surface area contributed by atoms with Crippen molar-refractivity contribution < 1.29 is 14.7 Å². The molecule has 1 rings (SSSR count). The van der Waals surface area contributed by atoms with Gasteiger partial charge in [-0.25, -0.2) is 4.79 Å². The monoisotopic (exact) mass is 244 g/mol. The van der Waals surface area contributed by atoms with Crippen LogP contribution in [-0.4, -0.2) is 54.8 Å². The largest absolute Gasteiger partial charge is 0.409 e. The average Bonchev–Trinajstić information content (AvgIpc) is 2.38. The van der Waals surface area contributed by atoms with Gasteiger partial charge >= 0.3 is 6.03 Å². The highest BCUT2D eigenvalue weighted by Crippen LogP contribution is 1.98. The van der Waals surface area contributed by atoms with Gasteiger partial charge in [-0.3, -0.25) is 0 Å². The van der Waals surface area contributed by atoms with Crippen molar-refractivity contribution in [2.45, 2.75) is 19.3 Å². The van der Waals surface area contributed by atoms with Crippen molar-refractivity contribution in [3.8, 4) is 0 Å². The van der Waals surface area contributed by atoms with Gasteiger partial charge < -0.3 is 25.9 Å². The highest BCUT2D eigenvalue weighted by Gasteiger charge is 2.15. The molecule has 0 bridgehead atoms. The zero-order chi connectivity index (χ0) is 12.5. The fraction of sp³-hybridized carbons (Fsp3) is 0.800. The Morgan fingerprint density at radius 2 is 2.12 bits per heavy atom. The first-order valence-corrected chi connectivity index (χ1v) is 5.81. The van der Waals surface area contributed by atoms with Crippen LogP contribution < -0.4 is 11.1 Å². The van der Waals surface area contributed by atoms with E-state index < -0.39 is 0 Å². The molecule has 7 heteroatoms. The molecule has 1 saturated heterocycles. The number of nitrogens with two attached hydrogens (primary N) is 1. The van der Waals surface area contributed by atoms with Crippen LogP contribution in [-0.2, 0) is 4.74 Å². The van der Waals surface area contributed by atoms with E-state index >= 15 is 0 Å². The second kappa shape index (κ2) is 7.72. The lowest BCUT2D eigenvalue weighted by Crippen LogP contribution is -2.46. The lowest BCUT2D eigenvalue weighted by atomic mass is 10.2. The number of morpholine rings is 1. The molecule has 1 fully saturated rings. The first kappa shape index (κ1) is 13.6. The zero-order valence-corrected chi connectivity index (χ0v) is 9.89. The summed E-state index contributed by atoms with van der Waals surface area (Å²) in [6.07, 6.45) is 2.15. The molecule has 0 unspecified atom stereocenters. The normalized spacial score (nSPS) is 16.9. The smallest absolute Gasteiger partial charge is 0.317 e. The Kier molecular flexibility index (Phi) is 6.16. The predicted molar refractivity (Wildman–Crippen MR) is 63.1 cm³/mol. The van der Waals surface area contributed by atoms with Crippen LogP contribution in [0.5, 0.6) is 0 Å². The summed E-state index contributed by atoms with van der Waals surface area (Å²) in [4.78, 5) is 13.4. The summed E-state index contributed by atoms with van der Waals surface area (Å²) < 4.78 is 5.16. The second-order valence-electron chi connectivity index (χ2n) is 3.88. The molecule has 0 radical (unpaired) electrons. The molecule has 17 heavy (non-hydrogen) atoms. The summed E-state index contributed by atoms with van der Waals surface area (Å²) in [5.74, 6) is 0.226. The molecule has 1 aliphatic rings. The SMILES string of the molecule is NC(CCCCNC(=O)N1CCOCC1)=NO. The van der Waals surface area contributed by atoms with Crippen molar-refractivity contribution in [2.75, 3.05) is 32.8 Å². The maximum Gasteiger partial charge on any atom is 0.317 e. The molecule has 2 amide bonds. The standard InChI is InChI=1S/C10H20N4O3/c11-9(13-16)3-1-2-4-12-10(15)14-5-7-17-8-6-14/h16H,1-8H2,(H2,11,13)(H,12,15). The van der Waals surface area contributed by atoms with Crippen LogP contribution in [0.1, 0.15) is 19.3 Å². The van der Waals surface area contributed by atoms with Crippen molar-refractivity contribution >= 4 is 11.9 Å². The Bertz CT molecular complexity index is 264. The van der Waals surface area contributed by atoms with Gasteiger partial charge in [0.1, 0.15) is 5.84 Å². The number of ether oxygens (including phenoxy) is 1. The number of nitrogens with zero attached hydrogens (tertiary/aromatic N) is 2. The van der Waals surface area contributed by atoms with E-state index in [1.807, 2.05) is 0 Å². The number of hydrogen-bond acceptors (Lipinski definition) is 4. The van der Waals surface area contributed by atoms with Crippen LogP contribution in [0.4, 0.5) is 4.79 Å². The van der Waals surface area contributed by atoms with E-state index in [1.54, 1.807) is 4.90 Å². The number of carbonyl (C=O) groups is 1. The van der Waals surface area contributed by atoms with Gasteiger partial charge in [0.2, 0.25) is 0 Å². The van der Waals surface area contributed by atoms with Crippen LogP contribution in [0.3, 0.4) is 0 Å². The number of amidine groups is 1. The zero-order valence-electron chi connectivity index (χ0n) is 9.89. The van der Waals surface area contributed by atoms with E-state index in [2.05, 4.69) is 10.5 Å². The number of urea groups is 1. The van der Waals surface area contributed by atoms with E-state index in [0.717, 1.165) is 12.8 Å². The van der Waals surface area contributed by atoms with Crippen molar-refractivity contribution in [3.63, 3.8) is 0 Å². The molecule has 0 aromatic carbocycles. The average molecular weight is 244 g/mol. The molecular weight excluding hydrogens is 224 g/mol.